The van der Waals surface area contributed by atoms with Crippen LogP contribution in [-0.2, 0) is 4.79 Å². The van der Waals surface area contributed by atoms with Crippen molar-refractivity contribution < 1.29 is 14.8 Å². The zero-order valence-corrected chi connectivity index (χ0v) is 10.6. The Morgan fingerprint density at radius 1 is 1.50 bits per heavy atom. The zero-order chi connectivity index (χ0) is 14.7. The highest BCUT2D eigenvalue weighted by Crippen LogP contribution is 2.33. The number of hydrogen-bond donors (Lipinski definition) is 2. The van der Waals surface area contributed by atoms with Gasteiger partial charge in [-0.25, -0.2) is 0 Å². The lowest BCUT2D eigenvalue weighted by Gasteiger charge is -2.18. The second kappa shape index (κ2) is 5.57. The molecule has 0 radical (unpaired) electrons. The summed E-state index contributed by atoms with van der Waals surface area (Å²) in [6.07, 6.45) is 1.96. The van der Waals surface area contributed by atoms with Gasteiger partial charge in [-0.3, -0.25) is 14.9 Å². The van der Waals surface area contributed by atoms with Gasteiger partial charge in [0.2, 0.25) is 0 Å². The summed E-state index contributed by atoms with van der Waals surface area (Å²) in [5.41, 5.74) is -0.136. The number of para-hydroxylation sites is 1. The SMILES string of the molecule is N#Cc1cccc(NC2CCCC2C(=O)O)c1[N+](=O)[O-]. The first-order valence-corrected chi connectivity index (χ1v) is 6.21. The monoisotopic (exact) mass is 275 g/mol. The molecule has 2 atom stereocenters. The van der Waals surface area contributed by atoms with Crippen LogP contribution in [0, 0.1) is 27.4 Å². The van der Waals surface area contributed by atoms with Crippen molar-refractivity contribution in [3.8, 4) is 6.07 Å². The molecule has 0 heterocycles. The van der Waals surface area contributed by atoms with Crippen molar-refractivity contribution in [2.75, 3.05) is 5.32 Å². The number of nitriles is 1. The molecule has 7 nitrogen and oxygen atoms in total. The Bertz CT molecular complexity index is 594. The Morgan fingerprint density at radius 3 is 2.85 bits per heavy atom. The van der Waals surface area contributed by atoms with Crippen molar-refractivity contribution in [2.45, 2.75) is 25.3 Å². The van der Waals surface area contributed by atoms with E-state index in [-0.39, 0.29) is 23.0 Å². The Kier molecular flexibility index (Phi) is 3.84. The summed E-state index contributed by atoms with van der Waals surface area (Å²) in [7, 11) is 0. The molecular weight excluding hydrogens is 262 g/mol. The number of carboxylic acids is 1. The van der Waals surface area contributed by atoms with Gasteiger partial charge in [0, 0.05) is 6.04 Å². The summed E-state index contributed by atoms with van der Waals surface area (Å²) in [6.45, 7) is 0. The van der Waals surface area contributed by atoms with Gasteiger partial charge in [-0.2, -0.15) is 5.26 Å². The molecular formula is C13H13N3O4. The standard InChI is InChI=1S/C13H13N3O4/c14-7-8-3-1-6-11(12(8)16(19)20)15-10-5-2-4-9(10)13(17)18/h1,3,6,9-10,15H,2,4-5H2,(H,17,18). The molecule has 104 valence electrons. The van der Waals surface area contributed by atoms with Crippen LogP contribution in [0.4, 0.5) is 11.4 Å². The van der Waals surface area contributed by atoms with Gasteiger partial charge in [0.05, 0.1) is 10.8 Å². The van der Waals surface area contributed by atoms with E-state index in [2.05, 4.69) is 5.32 Å². The van der Waals surface area contributed by atoms with Crippen LogP contribution in [0.5, 0.6) is 0 Å². The molecule has 0 spiro atoms. The minimum Gasteiger partial charge on any atom is -0.481 e. The van der Waals surface area contributed by atoms with Crippen molar-refractivity contribution >= 4 is 17.3 Å². The van der Waals surface area contributed by atoms with Crippen LogP contribution >= 0.6 is 0 Å². The van der Waals surface area contributed by atoms with Gasteiger partial charge >= 0.3 is 11.7 Å². The molecule has 1 aromatic carbocycles. The number of carboxylic acid groups (broad SMARTS) is 1. The number of hydrogen-bond acceptors (Lipinski definition) is 5. The van der Waals surface area contributed by atoms with Crippen molar-refractivity contribution in [3.05, 3.63) is 33.9 Å². The maximum absolute atomic E-state index is 11.1. The number of rotatable bonds is 4. The van der Waals surface area contributed by atoms with Gasteiger partial charge in [-0.15, -0.1) is 0 Å². The van der Waals surface area contributed by atoms with Crippen molar-refractivity contribution in [3.63, 3.8) is 0 Å². The number of benzene rings is 1. The number of nitrogens with one attached hydrogen (secondary N) is 1. The fourth-order valence-corrected chi connectivity index (χ4v) is 2.58. The van der Waals surface area contributed by atoms with E-state index in [0.717, 1.165) is 6.42 Å². The Balaban J connectivity index is 2.32. The Hall–Kier alpha value is -2.62. The van der Waals surface area contributed by atoms with Crippen LogP contribution in [0.2, 0.25) is 0 Å². The maximum Gasteiger partial charge on any atom is 0.309 e. The third-order valence-electron chi connectivity index (χ3n) is 3.51. The van der Waals surface area contributed by atoms with Gasteiger partial charge in [0.15, 0.2) is 0 Å². The van der Waals surface area contributed by atoms with Gasteiger partial charge < -0.3 is 10.4 Å². The second-order valence-electron chi connectivity index (χ2n) is 4.70. The largest absolute Gasteiger partial charge is 0.481 e. The van der Waals surface area contributed by atoms with Gasteiger partial charge in [0.25, 0.3) is 0 Å². The van der Waals surface area contributed by atoms with E-state index >= 15 is 0 Å². The topological polar surface area (TPSA) is 116 Å². The highest BCUT2D eigenvalue weighted by molar-refractivity contribution is 5.74. The van der Waals surface area contributed by atoms with E-state index in [0.29, 0.717) is 12.8 Å². The fraction of sp³-hybridized carbons (Fsp3) is 0.385. The highest BCUT2D eigenvalue weighted by atomic mass is 16.6. The molecule has 20 heavy (non-hydrogen) atoms. The lowest BCUT2D eigenvalue weighted by molar-refractivity contribution is -0.384. The molecule has 0 aliphatic heterocycles. The molecule has 1 saturated carbocycles. The van der Waals surface area contributed by atoms with Crippen molar-refractivity contribution in [1.29, 1.82) is 5.26 Å². The number of nitro benzene ring substituents is 1. The van der Waals surface area contributed by atoms with E-state index in [1.807, 2.05) is 0 Å². The third-order valence-corrected chi connectivity index (χ3v) is 3.51. The molecule has 1 fully saturated rings. The summed E-state index contributed by atoms with van der Waals surface area (Å²) in [6, 6.07) is 5.84. The molecule has 0 aromatic heterocycles. The molecule has 0 amide bonds. The molecule has 1 aromatic rings. The summed E-state index contributed by atoms with van der Waals surface area (Å²) < 4.78 is 0. The van der Waals surface area contributed by atoms with E-state index in [9.17, 15) is 14.9 Å². The van der Waals surface area contributed by atoms with Gasteiger partial charge in [0.1, 0.15) is 17.3 Å². The zero-order valence-electron chi connectivity index (χ0n) is 10.6. The first-order chi connectivity index (χ1) is 9.54. The van der Waals surface area contributed by atoms with E-state index in [1.54, 1.807) is 12.1 Å². The highest BCUT2D eigenvalue weighted by Gasteiger charge is 2.34. The number of nitro groups is 1. The smallest absolute Gasteiger partial charge is 0.309 e. The van der Waals surface area contributed by atoms with Crippen LogP contribution in [0.25, 0.3) is 0 Å². The van der Waals surface area contributed by atoms with Crippen LogP contribution in [0.3, 0.4) is 0 Å². The molecule has 2 N–H and O–H groups in total. The average Bonchev–Trinajstić information content (AvgIpc) is 2.86. The number of aliphatic carboxylic acids is 1. The van der Waals surface area contributed by atoms with Crippen molar-refractivity contribution in [2.24, 2.45) is 5.92 Å². The Labute approximate surface area is 115 Å². The van der Waals surface area contributed by atoms with Crippen LogP contribution in [0.15, 0.2) is 18.2 Å². The first kappa shape index (κ1) is 13.8. The van der Waals surface area contributed by atoms with Gasteiger partial charge in [-0.05, 0) is 25.0 Å². The Morgan fingerprint density at radius 2 is 2.25 bits per heavy atom. The van der Waals surface area contributed by atoms with Crippen LogP contribution in [-0.4, -0.2) is 22.0 Å². The number of nitrogens with zero attached hydrogens (tertiary/aromatic N) is 2. The minimum absolute atomic E-state index is 0.0372. The van der Waals surface area contributed by atoms with E-state index < -0.39 is 16.8 Å². The summed E-state index contributed by atoms with van der Waals surface area (Å²) in [4.78, 5) is 21.6. The quantitative estimate of drug-likeness (QED) is 0.642. The first-order valence-electron chi connectivity index (χ1n) is 6.21. The predicted octanol–water partition coefficient (Wildman–Crippen LogP) is 2.13. The molecule has 2 unspecified atom stereocenters. The number of anilines is 1. The lowest BCUT2D eigenvalue weighted by atomic mass is 10.0. The van der Waals surface area contributed by atoms with Crippen molar-refractivity contribution in [1.82, 2.24) is 0 Å². The normalized spacial score (nSPS) is 21.1. The van der Waals surface area contributed by atoms with E-state index in [1.165, 1.54) is 12.1 Å². The molecule has 0 saturated heterocycles. The number of carbonyl (C=O) groups is 1. The lowest BCUT2D eigenvalue weighted by Crippen LogP contribution is -2.30. The summed E-state index contributed by atoms with van der Waals surface area (Å²) >= 11 is 0. The molecule has 7 heteroatoms. The van der Waals surface area contributed by atoms with E-state index in [4.69, 9.17) is 10.4 Å². The maximum atomic E-state index is 11.1. The van der Waals surface area contributed by atoms with Crippen LogP contribution in [0.1, 0.15) is 24.8 Å². The molecule has 1 aliphatic carbocycles. The molecule has 0 bridgehead atoms. The van der Waals surface area contributed by atoms with Crippen LogP contribution < -0.4 is 5.32 Å². The predicted molar refractivity (Wildman–Crippen MR) is 70.2 cm³/mol. The summed E-state index contributed by atoms with van der Waals surface area (Å²) in [5, 5.41) is 32.0. The summed E-state index contributed by atoms with van der Waals surface area (Å²) in [5.74, 6) is -1.46. The van der Waals surface area contributed by atoms with Gasteiger partial charge in [-0.1, -0.05) is 12.5 Å². The second-order valence-corrected chi connectivity index (χ2v) is 4.70. The third kappa shape index (κ3) is 2.54. The molecule has 2 rings (SSSR count). The average molecular weight is 275 g/mol. The minimum atomic E-state index is -0.904. The fourth-order valence-electron chi connectivity index (χ4n) is 2.58. The molecule has 1 aliphatic rings.